The summed E-state index contributed by atoms with van der Waals surface area (Å²) >= 11 is 6.13. The number of esters is 1. The maximum atomic E-state index is 13.9. The SMILES string of the molecule is COC(=O)C1=CN(c2cc(C)c(Cl)cc2OC)c2cc(F)ccc2S1(=O)=O. The number of sulfone groups is 1. The molecule has 0 aromatic heterocycles. The first-order valence-corrected chi connectivity index (χ1v) is 9.55. The summed E-state index contributed by atoms with van der Waals surface area (Å²) < 4.78 is 49.4. The molecule has 0 N–H and O–H groups in total. The Kier molecular flexibility index (Phi) is 4.88. The maximum absolute atomic E-state index is 13.9. The highest BCUT2D eigenvalue weighted by atomic mass is 35.5. The van der Waals surface area contributed by atoms with Gasteiger partial charge in [-0.2, -0.15) is 0 Å². The Balaban J connectivity index is 2.37. The van der Waals surface area contributed by atoms with Crippen LogP contribution in [-0.4, -0.2) is 28.6 Å². The number of benzene rings is 2. The molecule has 1 aliphatic rings. The van der Waals surface area contributed by atoms with Gasteiger partial charge < -0.3 is 14.4 Å². The van der Waals surface area contributed by atoms with Gasteiger partial charge in [0.05, 0.1) is 30.5 Å². The molecule has 2 aromatic carbocycles. The molecular weight excluding hydrogens is 397 g/mol. The number of fused-ring (bicyclic) bond motifs is 1. The number of aryl methyl sites for hydroxylation is 1. The summed E-state index contributed by atoms with van der Waals surface area (Å²) in [4.78, 5) is 12.7. The van der Waals surface area contributed by atoms with Crippen molar-refractivity contribution in [1.29, 1.82) is 0 Å². The number of hydrogen-bond acceptors (Lipinski definition) is 6. The molecule has 2 aromatic rings. The number of rotatable bonds is 3. The standard InChI is InChI=1S/C18H15ClFNO5S/c1-10-6-13(15(25-2)8-12(10)19)21-9-17(18(22)26-3)27(23,24)16-5-4-11(20)7-14(16)21/h4-9H,1-3H3. The van der Waals surface area contributed by atoms with Crippen molar-refractivity contribution >= 4 is 38.8 Å². The van der Waals surface area contributed by atoms with Crippen molar-refractivity contribution in [1.82, 2.24) is 0 Å². The second kappa shape index (κ2) is 6.86. The van der Waals surface area contributed by atoms with Gasteiger partial charge in [0.1, 0.15) is 11.6 Å². The zero-order chi connectivity index (χ0) is 19.9. The van der Waals surface area contributed by atoms with Crippen LogP contribution in [0.15, 0.2) is 46.3 Å². The van der Waals surface area contributed by atoms with E-state index in [1.54, 1.807) is 19.1 Å². The third kappa shape index (κ3) is 3.15. The van der Waals surface area contributed by atoms with Crippen LogP contribution in [0, 0.1) is 12.7 Å². The zero-order valence-corrected chi connectivity index (χ0v) is 16.2. The number of nitrogens with zero attached hydrogens (tertiary/aromatic N) is 1. The van der Waals surface area contributed by atoms with E-state index in [1.165, 1.54) is 12.0 Å². The normalized spacial score (nSPS) is 15.0. The topological polar surface area (TPSA) is 72.9 Å². The summed E-state index contributed by atoms with van der Waals surface area (Å²) in [5, 5.41) is 0.442. The van der Waals surface area contributed by atoms with Crippen LogP contribution in [0.4, 0.5) is 15.8 Å². The zero-order valence-electron chi connectivity index (χ0n) is 14.6. The van der Waals surface area contributed by atoms with Gasteiger partial charge in [0.25, 0.3) is 0 Å². The molecule has 3 rings (SSSR count). The van der Waals surface area contributed by atoms with E-state index >= 15 is 0 Å². The molecule has 0 saturated carbocycles. The molecule has 0 atom stereocenters. The highest BCUT2D eigenvalue weighted by Crippen LogP contribution is 2.44. The van der Waals surface area contributed by atoms with E-state index in [4.69, 9.17) is 16.3 Å². The Labute approximate surface area is 160 Å². The van der Waals surface area contributed by atoms with E-state index in [9.17, 15) is 17.6 Å². The summed E-state index contributed by atoms with van der Waals surface area (Å²) in [5.74, 6) is -1.34. The Morgan fingerprint density at radius 1 is 1.15 bits per heavy atom. The van der Waals surface area contributed by atoms with Gasteiger partial charge >= 0.3 is 5.97 Å². The predicted octanol–water partition coefficient (Wildman–Crippen LogP) is 3.74. The molecule has 0 radical (unpaired) electrons. The molecule has 1 aliphatic heterocycles. The van der Waals surface area contributed by atoms with Crippen LogP contribution in [0.3, 0.4) is 0 Å². The number of carbonyl (C=O) groups is 1. The second-order valence-electron chi connectivity index (χ2n) is 5.74. The van der Waals surface area contributed by atoms with Gasteiger partial charge in [0.2, 0.25) is 9.84 Å². The second-order valence-corrected chi connectivity index (χ2v) is 8.04. The van der Waals surface area contributed by atoms with Crippen LogP contribution >= 0.6 is 11.6 Å². The number of ether oxygens (including phenoxy) is 2. The van der Waals surface area contributed by atoms with Crippen molar-refractivity contribution in [2.45, 2.75) is 11.8 Å². The van der Waals surface area contributed by atoms with Gasteiger partial charge in [0, 0.05) is 17.3 Å². The Bertz CT molecular complexity index is 1080. The number of anilines is 2. The van der Waals surface area contributed by atoms with Crippen LogP contribution < -0.4 is 9.64 Å². The molecule has 9 heteroatoms. The molecule has 0 saturated heterocycles. The van der Waals surface area contributed by atoms with Crippen molar-refractivity contribution in [2.75, 3.05) is 19.1 Å². The Morgan fingerprint density at radius 3 is 2.48 bits per heavy atom. The molecule has 0 unspecified atom stereocenters. The van der Waals surface area contributed by atoms with Gasteiger partial charge in [-0.05, 0) is 36.8 Å². The van der Waals surface area contributed by atoms with Gasteiger partial charge in [0.15, 0.2) is 4.91 Å². The number of methoxy groups -OCH3 is 2. The molecule has 0 amide bonds. The van der Waals surface area contributed by atoms with Crippen molar-refractivity contribution in [2.24, 2.45) is 0 Å². The highest BCUT2D eigenvalue weighted by molar-refractivity contribution is 7.96. The first-order chi connectivity index (χ1) is 12.7. The average Bonchev–Trinajstić information content (AvgIpc) is 2.63. The van der Waals surface area contributed by atoms with Crippen LogP contribution in [0.1, 0.15) is 5.56 Å². The maximum Gasteiger partial charge on any atom is 0.351 e. The van der Waals surface area contributed by atoms with Gasteiger partial charge in [-0.15, -0.1) is 0 Å². The quantitative estimate of drug-likeness (QED) is 0.566. The minimum absolute atomic E-state index is 0.0441. The molecule has 27 heavy (non-hydrogen) atoms. The van der Waals surface area contributed by atoms with Crippen molar-refractivity contribution in [3.8, 4) is 5.75 Å². The molecule has 0 spiro atoms. The van der Waals surface area contributed by atoms with Crippen LogP contribution in [0.2, 0.25) is 5.02 Å². The van der Waals surface area contributed by atoms with Gasteiger partial charge in [-0.1, -0.05) is 11.6 Å². The molecule has 142 valence electrons. The number of carbonyl (C=O) groups excluding carboxylic acids is 1. The van der Waals surface area contributed by atoms with E-state index in [0.717, 1.165) is 31.5 Å². The van der Waals surface area contributed by atoms with E-state index < -0.39 is 26.5 Å². The lowest BCUT2D eigenvalue weighted by Gasteiger charge is -2.30. The lowest BCUT2D eigenvalue weighted by Crippen LogP contribution is -2.26. The third-order valence-electron chi connectivity index (χ3n) is 4.11. The van der Waals surface area contributed by atoms with Crippen LogP contribution in [0.25, 0.3) is 0 Å². The van der Waals surface area contributed by atoms with Crippen molar-refractivity contribution in [3.05, 3.63) is 57.8 Å². The van der Waals surface area contributed by atoms with Gasteiger partial charge in [-0.3, -0.25) is 0 Å². The highest BCUT2D eigenvalue weighted by Gasteiger charge is 2.37. The molecular formula is C18H15ClFNO5S. The summed E-state index contributed by atoms with van der Waals surface area (Å²) in [5.41, 5.74) is 1.12. The molecule has 0 aliphatic carbocycles. The Hall–Kier alpha value is -2.58. The van der Waals surface area contributed by atoms with E-state index in [2.05, 4.69) is 4.74 Å². The van der Waals surface area contributed by atoms with E-state index in [0.29, 0.717) is 22.0 Å². The third-order valence-corrected chi connectivity index (χ3v) is 6.29. The first-order valence-electron chi connectivity index (χ1n) is 7.69. The molecule has 0 bridgehead atoms. The minimum atomic E-state index is -4.18. The van der Waals surface area contributed by atoms with Crippen LogP contribution in [0.5, 0.6) is 5.75 Å². The average molecular weight is 412 g/mol. The first kappa shape index (κ1) is 19.2. The van der Waals surface area contributed by atoms with Crippen molar-refractivity contribution in [3.63, 3.8) is 0 Å². The Morgan fingerprint density at radius 2 is 1.85 bits per heavy atom. The predicted molar refractivity (Wildman–Crippen MR) is 98.6 cm³/mol. The summed E-state index contributed by atoms with van der Waals surface area (Å²) in [6.45, 7) is 1.75. The van der Waals surface area contributed by atoms with E-state index in [1.807, 2.05) is 0 Å². The number of hydrogen-bond donors (Lipinski definition) is 0. The molecule has 1 heterocycles. The number of halogens is 2. The molecule has 0 fully saturated rings. The van der Waals surface area contributed by atoms with Crippen molar-refractivity contribution < 1.29 is 27.1 Å². The smallest absolute Gasteiger partial charge is 0.351 e. The summed E-state index contributed by atoms with van der Waals surface area (Å²) in [7, 11) is -1.68. The fourth-order valence-corrected chi connectivity index (χ4v) is 4.36. The van der Waals surface area contributed by atoms with E-state index in [-0.39, 0.29) is 10.6 Å². The lowest BCUT2D eigenvalue weighted by molar-refractivity contribution is -0.135. The summed E-state index contributed by atoms with van der Waals surface area (Å²) in [6, 6.07) is 6.40. The van der Waals surface area contributed by atoms with Gasteiger partial charge in [-0.25, -0.2) is 17.6 Å². The fourth-order valence-electron chi connectivity index (χ4n) is 2.74. The van der Waals surface area contributed by atoms with Crippen LogP contribution in [-0.2, 0) is 19.4 Å². The molecule has 6 nitrogen and oxygen atoms in total. The summed E-state index contributed by atoms with van der Waals surface area (Å²) in [6.07, 6.45) is 1.09. The fraction of sp³-hybridized carbons (Fsp3) is 0.167. The largest absolute Gasteiger partial charge is 0.495 e. The lowest BCUT2D eigenvalue weighted by atomic mass is 10.1. The monoisotopic (exact) mass is 411 g/mol. The minimum Gasteiger partial charge on any atom is -0.495 e.